The maximum absolute atomic E-state index is 5.45. The highest BCUT2D eigenvalue weighted by atomic mass is 16.7. The van der Waals surface area contributed by atoms with Crippen LogP contribution in [0, 0.1) is 19.0 Å². The minimum Gasteiger partial charge on any atom is -0.417 e. The van der Waals surface area contributed by atoms with Crippen molar-refractivity contribution >= 4 is 5.82 Å². The van der Waals surface area contributed by atoms with E-state index < -0.39 is 0 Å². The van der Waals surface area contributed by atoms with Gasteiger partial charge in [0, 0.05) is 6.61 Å². The molecule has 0 saturated carbocycles. The quantitative estimate of drug-likeness (QED) is 0.448. The Morgan fingerprint density at radius 3 is 2.93 bits per heavy atom. The van der Waals surface area contributed by atoms with Gasteiger partial charge in [0.1, 0.15) is 17.6 Å². The summed E-state index contributed by atoms with van der Waals surface area (Å²) < 4.78 is 9.82. The second-order valence-electron chi connectivity index (χ2n) is 2.78. The molecule has 0 atom stereocenters. The monoisotopic (exact) mass is 207 g/mol. The van der Waals surface area contributed by atoms with Gasteiger partial charge in [-0.2, -0.15) is 0 Å². The second-order valence-corrected chi connectivity index (χ2v) is 2.78. The SMILES string of the molecule is CCOCOC#Cc1nnc(N)cc1C. The van der Waals surface area contributed by atoms with Gasteiger partial charge >= 0.3 is 0 Å². The highest BCUT2D eigenvalue weighted by Gasteiger charge is 1.97. The molecule has 0 aliphatic carbocycles. The summed E-state index contributed by atoms with van der Waals surface area (Å²) in [5.74, 6) is 3.10. The van der Waals surface area contributed by atoms with E-state index in [9.17, 15) is 0 Å². The smallest absolute Gasteiger partial charge is 0.199 e. The minimum atomic E-state index is 0.158. The lowest BCUT2D eigenvalue weighted by Gasteiger charge is -1.97. The number of aryl methyl sites for hydroxylation is 1. The number of rotatable bonds is 3. The number of nitrogen functional groups attached to an aromatic ring is 1. The predicted molar refractivity (Wildman–Crippen MR) is 55.6 cm³/mol. The van der Waals surface area contributed by atoms with Crippen molar-refractivity contribution in [1.82, 2.24) is 10.2 Å². The van der Waals surface area contributed by atoms with Gasteiger partial charge in [0.15, 0.2) is 6.79 Å². The standard InChI is InChI=1S/C10H13N3O2/c1-3-14-7-15-5-4-9-8(2)6-10(11)13-12-9/h6H,3,7H2,1-2H3,(H2,11,13). The molecule has 1 heterocycles. The zero-order chi connectivity index (χ0) is 11.1. The molecule has 80 valence electrons. The zero-order valence-corrected chi connectivity index (χ0v) is 8.78. The number of nitrogens with zero attached hydrogens (tertiary/aromatic N) is 2. The van der Waals surface area contributed by atoms with Crippen molar-refractivity contribution in [2.24, 2.45) is 0 Å². The maximum atomic E-state index is 5.45. The zero-order valence-electron chi connectivity index (χ0n) is 8.78. The average Bonchev–Trinajstić information content (AvgIpc) is 2.20. The predicted octanol–water partition coefficient (Wildman–Crippen LogP) is 0.687. The highest BCUT2D eigenvalue weighted by molar-refractivity contribution is 5.39. The second kappa shape index (κ2) is 5.83. The van der Waals surface area contributed by atoms with Crippen molar-refractivity contribution in [3.8, 4) is 12.0 Å². The first-order valence-electron chi connectivity index (χ1n) is 4.54. The molecule has 0 bridgehead atoms. The third-order valence-corrected chi connectivity index (χ3v) is 1.59. The van der Waals surface area contributed by atoms with Crippen LogP contribution in [-0.2, 0) is 9.47 Å². The van der Waals surface area contributed by atoms with E-state index in [0.717, 1.165) is 5.56 Å². The van der Waals surface area contributed by atoms with Crippen LogP contribution in [-0.4, -0.2) is 23.6 Å². The normalized spacial score (nSPS) is 9.20. The lowest BCUT2D eigenvalue weighted by molar-refractivity contribution is 0.00464. The topological polar surface area (TPSA) is 70.3 Å². The van der Waals surface area contributed by atoms with Crippen molar-refractivity contribution in [1.29, 1.82) is 0 Å². The Balaban J connectivity index is 2.56. The van der Waals surface area contributed by atoms with E-state index in [2.05, 4.69) is 22.2 Å². The summed E-state index contributed by atoms with van der Waals surface area (Å²) in [5, 5.41) is 7.52. The number of hydrogen-bond acceptors (Lipinski definition) is 5. The summed E-state index contributed by atoms with van der Waals surface area (Å²) in [6, 6.07) is 1.71. The van der Waals surface area contributed by atoms with Gasteiger partial charge in [0.05, 0.1) is 0 Å². The van der Waals surface area contributed by atoms with E-state index >= 15 is 0 Å². The molecular weight excluding hydrogens is 194 g/mol. The van der Waals surface area contributed by atoms with Crippen LogP contribution in [0.3, 0.4) is 0 Å². The van der Waals surface area contributed by atoms with Crippen molar-refractivity contribution in [2.75, 3.05) is 19.1 Å². The molecule has 0 aliphatic heterocycles. The van der Waals surface area contributed by atoms with Gasteiger partial charge in [-0.25, -0.2) is 0 Å². The molecule has 0 amide bonds. The fraction of sp³-hybridized carbons (Fsp3) is 0.400. The van der Waals surface area contributed by atoms with E-state index in [0.29, 0.717) is 18.1 Å². The molecule has 1 aromatic rings. The number of ether oxygens (including phenoxy) is 2. The van der Waals surface area contributed by atoms with E-state index in [-0.39, 0.29) is 6.79 Å². The van der Waals surface area contributed by atoms with Crippen molar-refractivity contribution in [2.45, 2.75) is 13.8 Å². The third kappa shape index (κ3) is 3.83. The first kappa shape index (κ1) is 11.3. The Kier molecular flexibility index (Phi) is 4.38. The Morgan fingerprint density at radius 2 is 2.27 bits per heavy atom. The Labute approximate surface area is 88.6 Å². The number of hydrogen-bond donors (Lipinski definition) is 1. The van der Waals surface area contributed by atoms with Gasteiger partial charge in [0.25, 0.3) is 0 Å². The average molecular weight is 207 g/mol. The summed E-state index contributed by atoms with van der Waals surface area (Å²) in [6.45, 7) is 4.50. The molecule has 0 spiro atoms. The molecule has 2 N–H and O–H groups in total. The van der Waals surface area contributed by atoms with Crippen molar-refractivity contribution in [3.63, 3.8) is 0 Å². The van der Waals surface area contributed by atoms with Crippen LogP contribution in [0.2, 0.25) is 0 Å². The maximum Gasteiger partial charge on any atom is 0.199 e. The summed E-state index contributed by atoms with van der Waals surface area (Å²) in [7, 11) is 0. The number of anilines is 1. The Hall–Kier alpha value is -1.80. The summed E-state index contributed by atoms with van der Waals surface area (Å²) >= 11 is 0. The highest BCUT2D eigenvalue weighted by Crippen LogP contribution is 2.04. The minimum absolute atomic E-state index is 0.158. The van der Waals surface area contributed by atoms with Crippen molar-refractivity contribution < 1.29 is 9.47 Å². The van der Waals surface area contributed by atoms with Gasteiger partial charge < -0.3 is 15.2 Å². The molecule has 0 radical (unpaired) electrons. The van der Waals surface area contributed by atoms with Gasteiger partial charge in [-0.15, -0.1) is 10.2 Å². The molecule has 5 heteroatoms. The van der Waals surface area contributed by atoms with Crippen LogP contribution in [0.4, 0.5) is 5.82 Å². The first-order valence-corrected chi connectivity index (χ1v) is 4.54. The molecule has 0 fully saturated rings. The third-order valence-electron chi connectivity index (χ3n) is 1.59. The largest absolute Gasteiger partial charge is 0.417 e. The van der Waals surface area contributed by atoms with Gasteiger partial charge in [-0.3, -0.25) is 0 Å². The fourth-order valence-electron chi connectivity index (χ4n) is 0.868. The van der Waals surface area contributed by atoms with Crippen LogP contribution in [0.1, 0.15) is 18.2 Å². The summed E-state index contributed by atoms with van der Waals surface area (Å²) in [6.07, 6.45) is 2.48. The van der Waals surface area contributed by atoms with E-state index in [1.54, 1.807) is 6.07 Å². The summed E-state index contributed by atoms with van der Waals surface area (Å²) in [5.41, 5.74) is 6.88. The molecule has 0 saturated heterocycles. The molecule has 0 aromatic carbocycles. The Bertz CT molecular complexity index is 382. The van der Waals surface area contributed by atoms with Crippen LogP contribution in [0.5, 0.6) is 0 Å². The van der Waals surface area contributed by atoms with Crippen LogP contribution < -0.4 is 5.73 Å². The Morgan fingerprint density at radius 1 is 1.47 bits per heavy atom. The van der Waals surface area contributed by atoms with Crippen LogP contribution in [0.15, 0.2) is 6.07 Å². The van der Waals surface area contributed by atoms with Crippen molar-refractivity contribution in [3.05, 3.63) is 17.3 Å². The first-order chi connectivity index (χ1) is 7.24. The lowest BCUT2D eigenvalue weighted by Crippen LogP contribution is -1.98. The van der Waals surface area contributed by atoms with Gasteiger partial charge in [-0.1, -0.05) is 0 Å². The van der Waals surface area contributed by atoms with Crippen LogP contribution in [0.25, 0.3) is 0 Å². The van der Waals surface area contributed by atoms with Gasteiger partial charge in [0.2, 0.25) is 0 Å². The van der Waals surface area contributed by atoms with Gasteiger partial charge in [-0.05, 0) is 31.4 Å². The molecule has 5 nitrogen and oxygen atoms in total. The molecule has 1 aromatic heterocycles. The number of nitrogens with two attached hydrogens (primary N) is 1. The summed E-state index contributed by atoms with van der Waals surface area (Å²) in [4.78, 5) is 0. The molecule has 0 aliphatic rings. The molecule has 0 unspecified atom stereocenters. The van der Waals surface area contributed by atoms with Crippen LogP contribution >= 0.6 is 0 Å². The number of aromatic nitrogens is 2. The van der Waals surface area contributed by atoms with E-state index in [1.807, 2.05) is 13.8 Å². The molecular formula is C10H13N3O2. The van der Waals surface area contributed by atoms with E-state index in [1.165, 1.54) is 0 Å². The molecule has 15 heavy (non-hydrogen) atoms. The van der Waals surface area contributed by atoms with E-state index in [4.69, 9.17) is 15.2 Å². The molecule has 1 rings (SSSR count). The fourth-order valence-corrected chi connectivity index (χ4v) is 0.868. The lowest BCUT2D eigenvalue weighted by atomic mass is 10.2.